The van der Waals surface area contributed by atoms with E-state index in [1.807, 2.05) is 25.1 Å². The van der Waals surface area contributed by atoms with Crippen LogP contribution in [0.25, 0.3) is 10.9 Å². The molecule has 1 aromatic carbocycles. The lowest BCUT2D eigenvalue weighted by Gasteiger charge is -2.27. The number of rotatable bonds is 6. The number of hydrogen-bond donors (Lipinski definition) is 1. The quantitative estimate of drug-likeness (QED) is 0.654. The van der Waals surface area contributed by atoms with Crippen LogP contribution in [-0.4, -0.2) is 48.5 Å². The monoisotopic (exact) mass is 324 g/mol. The van der Waals surface area contributed by atoms with E-state index in [-0.39, 0.29) is 0 Å². The number of nitrogens with one attached hydrogen (secondary N) is 1. The number of hydrogen-bond acceptors (Lipinski definition) is 4. The predicted octanol–water partition coefficient (Wildman–Crippen LogP) is 2.32. The van der Waals surface area contributed by atoms with E-state index in [1.54, 1.807) is 0 Å². The molecule has 5 heteroatoms. The summed E-state index contributed by atoms with van der Waals surface area (Å²) >= 11 is 0. The zero-order valence-corrected chi connectivity index (χ0v) is 14.2. The lowest BCUT2D eigenvalue weighted by atomic mass is 10.1. The highest BCUT2D eigenvalue weighted by Gasteiger charge is 2.13. The van der Waals surface area contributed by atoms with Gasteiger partial charge in [-0.05, 0) is 50.1 Å². The Bertz CT molecular complexity index is 766. The van der Waals surface area contributed by atoms with E-state index < -0.39 is 0 Å². The Balaban J connectivity index is 1.70. The Morgan fingerprint density at radius 3 is 2.71 bits per heavy atom. The van der Waals surface area contributed by atoms with Crippen molar-refractivity contribution in [2.75, 3.05) is 32.7 Å². The van der Waals surface area contributed by atoms with Gasteiger partial charge in [0.1, 0.15) is 18.0 Å². The average molecular weight is 324 g/mol. The molecule has 0 unspecified atom stereocenters. The molecule has 1 saturated heterocycles. The number of nitrogens with zero attached hydrogens (tertiary/aromatic N) is 3. The van der Waals surface area contributed by atoms with E-state index in [2.05, 4.69) is 20.9 Å². The molecule has 2 aromatic rings. The van der Waals surface area contributed by atoms with Crippen LogP contribution in [0.3, 0.4) is 0 Å². The van der Waals surface area contributed by atoms with Gasteiger partial charge in [0.05, 0.1) is 0 Å². The summed E-state index contributed by atoms with van der Waals surface area (Å²) < 4.78 is 2.09. The number of nitriles is 1. The molecule has 0 atom stereocenters. The number of benzene rings is 1. The normalized spacial score (nSPS) is 15.5. The topological polar surface area (TPSA) is 61.1 Å². The molecule has 0 aliphatic carbocycles. The van der Waals surface area contributed by atoms with Crippen LogP contribution in [0.15, 0.2) is 18.2 Å². The fourth-order valence-electron chi connectivity index (χ4n) is 3.49. The molecule has 1 N–H and O–H groups in total. The summed E-state index contributed by atoms with van der Waals surface area (Å²) in [7, 11) is 0. The minimum absolute atomic E-state index is 0.679. The van der Waals surface area contributed by atoms with Crippen molar-refractivity contribution >= 4 is 17.2 Å². The lowest BCUT2D eigenvalue weighted by molar-refractivity contribution is 0.112. The molecule has 0 radical (unpaired) electrons. The third-order valence-electron chi connectivity index (χ3n) is 4.95. The zero-order chi connectivity index (χ0) is 16.9. The second-order valence-electron chi connectivity index (χ2n) is 6.42. The Hall–Kier alpha value is -2.16. The van der Waals surface area contributed by atoms with Gasteiger partial charge in [-0.2, -0.15) is 5.26 Å². The standard InChI is InChI=1S/C19H24N4O/c1-15-16(14-24)4-5-19-18(15)12-17(13-20)23(19)9-3-2-8-22-10-6-21-7-11-22/h4-5,12,14,21H,2-3,6-11H2,1H3. The first-order valence-corrected chi connectivity index (χ1v) is 8.66. The van der Waals surface area contributed by atoms with E-state index in [0.29, 0.717) is 11.3 Å². The van der Waals surface area contributed by atoms with Crippen molar-refractivity contribution in [3.05, 3.63) is 35.0 Å². The number of aryl methyl sites for hydroxylation is 2. The van der Waals surface area contributed by atoms with Crippen LogP contribution in [0.5, 0.6) is 0 Å². The highest BCUT2D eigenvalue weighted by atomic mass is 16.1. The van der Waals surface area contributed by atoms with Gasteiger partial charge in [-0.3, -0.25) is 4.79 Å². The molecule has 0 spiro atoms. The Morgan fingerprint density at radius 1 is 1.25 bits per heavy atom. The molecule has 126 valence electrons. The maximum Gasteiger partial charge on any atom is 0.150 e. The molecule has 2 heterocycles. The van der Waals surface area contributed by atoms with Crippen LogP contribution in [0.2, 0.25) is 0 Å². The Kier molecular flexibility index (Phi) is 5.29. The maximum atomic E-state index is 11.1. The van der Waals surface area contributed by atoms with Crippen LogP contribution < -0.4 is 5.32 Å². The fourth-order valence-corrected chi connectivity index (χ4v) is 3.49. The van der Waals surface area contributed by atoms with Gasteiger partial charge in [0, 0.05) is 49.2 Å². The summed E-state index contributed by atoms with van der Waals surface area (Å²) in [6, 6.07) is 8.02. The average Bonchev–Trinajstić information content (AvgIpc) is 2.99. The van der Waals surface area contributed by atoms with Crippen molar-refractivity contribution in [1.29, 1.82) is 5.26 Å². The summed E-state index contributed by atoms with van der Waals surface area (Å²) in [6.45, 7) is 8.34. The van der Waals surface area contributed by atoms with Crippen LogP contribution in [0, 0.1) is 18.3 Å². The first-order chi connectivity index (χ1) is 11.7. The molecule has 0 bridgehead atoms. The first kappa shape index (κ1) is 16.7. The molecule has 24 heavy (non-hydrogen) atoms. The van der Waals surface area contributed by atoms with Gasteiger partial charge >= 0.3 is 0 Å². The Labute approximate surface area is 142 Å². The third-order valence-corrected chi connectivity index (χ3v) is 4.95. The van der Waals surface area contributed by atoms with Gasteiger partial charge < -0.3 is 14.8 Å². The van der Waals surface area contributed by atoms with Crippen molar-refractivity contribution in [3.8, 4) is 6.07 Å². The number of carbonyl (C=O) groups excluding carboxylic acids is 1. The molecular weight excluding hydrogens is 300 g/mol. The number of carbonyl (C=O) groups is 1. The second-order valence-corrected chi connectivity index (χ2v) is 6.42. The van der Waals surface area contributed by atoms with Gasteiger partial charge in [0.2, 0.25) is 0 Å². The van der Waals surface area contributed by atoms with Crippen molar-refractivity contribution in [2.45, 2.75) is 26.3 Å². The molecular formula is C19H24N4O. The molecule has 1 aliphatic heterocycles. The summed E-state index contributed by atoms with van der Waals surface area (Å²) in [5.74, 6) is 0. The summed E-state index contributed by atoms with van der Waals surface area (Å²) in [4.78, 5) is 13.6. The molecule has 1 fully saturated rings. The minimum Gasteiger partial charge on any atom is -0.332 e. The van der Waals surface area contributed by atoms with Gasteiger partial charge in [0.25, 0.3) is 0 Å². The van der Waals surface area contributed by atoms with E-state index in [1.165, 1.54) is 0 Å². The Morgan fingerprint density at radius 2 is 2.00 bits per heavy atom. The molecule has 1 aromatic heterocycles. The van der Waals surface area contributed by atoms with Crippen LogP contribution in [0.1, 0.15) is 34.5 Å². The summed E-state index contributed by atoms with van der Waals surface area (Å²) in [6.07, 6.45) is 3.07. The van der Waals surface area contributed by atoms with Crippen molar-refractivity contribution in [2.24, 2.45) is 0 Å². The van der Waals surface area contributed by atoms with Gasteiger partial charge in [0.15, 0.2) is 0 Å². The van der Waals surface area contributed by atoms with Crippen LogP contribution in [0.4, 0.5) is 0 Å². The van der Waals surface area contributed by atoms with Crippen molar-refractivity contribution < 1.29 is 4.79 Å². The number of aromatic nitrogens is 1. The summed E-state index contributed by atoms with van der Waals surface area (Å²) in [5.41, 5.74) is 3.39. The predicted molar refractivity (Wildman–Crippen MR) is 95.3 cm³/mol. The van der Waals surface area contributed by atoms with Gasteiger partial charge in [-0.25, -0.2) is 0 Å². The van der Waals surface area contributed by atoms with Crippen molar-refractivity contribution in [3.63, 3.8) is 0 Å². The molecule has 0 amide bonds. The summed E-state index contributed by atoms with van der Waals surface area (Å²) in [5, 5.41) is 13.8. The second kappa shape index (κ2) is 7.61. The number of unbranched alkanes of at least 4 members (excludes halogenated alkanes) is 1. The van der Waals surface area contributed by atoms with E-state index in [0.717, 1.165) is 74.9 Å². The smallest absolute Gasteiger partial charge is 0.150 e. The number of aldehydes is 1. The zero-order valence-electron chi connectivity index (χ0n) is 14.2. The van der Waals surface area contributed by atoms with E-state index in [4.69, 9.17) is 0 Å². The number of fused-ring (bicyclic) bond motifs is 1. The number of piperazine rings is 1. The fraction of sp³-hybridized carbons (Fsp3) is 0.474. The largest absolute Gasteiger partial charge is 0.332 e. The van der Waals surface area contributed by atoms with Gasteiger partial charge in [-0.1, -0.05) is 0 Å². The maximum absolute atomic E-state index is 11.1. The molecule has 1 aliphatic rings. The first-order valence-electron chi connectivity index (χ1n) is 8.66. The van der Waals surface area contributed by atoms with E-state index >= 15 is 0 Å². The highest BCUT2D eigenvalue weighted by molar-refractivity contribution is 5.92. The minimum atomic E-state index is 0.679. The molecule has 3 rings (SSSR count). The van der Waals surface area contributed by atoms with Crippen LogP contribution >= 0.6 is 0 Å². The SMILES string of the molecule is Cc1c(C=O)ccc2c1cc(C#N)n2CCCCN1CCNCC1. The lowest BCUT2D eigenvalue weighted by Crippen LogP contribution is -2.43. The van der Waals surface area contributed by atoms with Crippen molar-refractivity contribution in [1.82, 2.24) is 14.8 Å². The van der Waals surface area contributed by atoms with Gasteiger partial charge in [-0.15, -0.1) is 0 Å². The van der Waals surface area contributed by atoms with Crippen LogP contribution in [-0.2, 0) is 6.54 Å². The highest BCUT2D eigenvalue weighted by Crippen LogP contribution is 2.25. The molecule has 5 nitrogen and oxygen atoms in total. The van der Waals surface area contributed by atoms with E-state index in [9.17, 15) is 10.1 Å². The molecule has 0 saturated carbocycles. The third kappa shape index (κ3) is 3.35.